The summed E-state index contributed by atoms with van der Waals surface area (Å²) >= 11 is 5.99. The summed E-state index contributed by atoms with van der Waals surface area (Å²) in [6, 6.07) is 16.8. The third-order valence-electron chi connectivity index (χ3n) is 5.22. The molecule has 5 nitrogen and oxygen atoms in total. The maximum absolute atomic E-state index is 12.8. The highest BCUT2D eigenvalue weighted by molar-refractivity contribution is 6.30. The molecule has 1 aliphatic heterocycles. The summed E-state index contributed by atoms with van der Waals surface area (Å²) in [5, 5.41) is 0.560. The minimum absolute atomic E-state index is 0.0117. The first-order chi connectivity index (χ1) is 13.5. The minimum atomic E-state index is -0.211. The van der Waals surface area contributed by atoms with Gasteiger partial charge in [0, 0.05) is 50.4 Å². The van der Waals surface area contributed by atoms with E-state index in [4.69, 9.17) is 11.6 Å². The first-order valence-electron chi connectivity index (χ1n) is 9.53. The molecular formula is C22H26ClN3O2. The smallest absolute Gasteiger partial charge is 0.253 e. The minimum Gasteiger partial charge on any atom is -0.340 e. The van der Waals surface area contributed by atoms with Crippen LogP contribution < -0.4 is 0 Å². The van der Waals surface area contributed by atoms with Gasteiger partial charge in [-0.25, -0.2) is 0 Å². The summed E-state index contributed by atoms with van der Waals surface area (Å²) in [4.78, 5) is 31.2. The SMILES string of the molecule is CC(C(=O)N(C)Cc1ccccc1)N1CCN(C(=O)c2cccc(Cl)c2)CC1. The summed E-state index contributed by atoms with van der Waals surface area (Å²) in [6.45, 7) is 5.10. The fraction of sp³-hybridized carbons (Fsp3) is 0.364. The Bertz CT molecular complexity index is 820. The molecule has 2 amide bonds. The van der Waals surface area contributed by atoms with Crippen molar-refractivity contribution < 1.29 is 9.59 Å². The molecule has 6 heteroatoms. The number of hydrogen-bond acceptors (Lipinski definition) is 3. The van der Waals surface area contributed by atoms with Crippen LogP contribution in [-0.2, 0) is 11.3 Å². The predicted molar refractivity (Wildman–Crippen MR) is 111 cm³/mol. The number of piperazine rings is 1. The molecule has 2 aromatic rings. The zero-order chi connectivity index (χ0) is 20.1. The highest BCUT2D eigenvalue weighted by Crippen LogP contribution is 2.16. The molecule has 0 bridgehead atoms. The van der Waals surface area contributed by atoms with Crippen molar-refractivity contribution in [3.8, 4) is 0 Å². The maximum atomic E-state index is 12.8. The Kier molecular flexibility index (Phi) is 6.70. The van der Waals surface area contributed by atoms with Gasteiger partial charge >= 0.3 is 0 Å². The molecule has 1 heterocycles. The van der Waals surface area contributed by atoms with E-state index in [2.05, 4.69) is 4.90 Å². The number of nitrogens with zero attached hydrogens (tertiary/aromatic N) is 3. The van der Waals surface area contributed by atoms with Gasteiger partial charge in [-0.1, -0.05) is 48.0 Å². The van der Waals surface area contributed by atoms with Crippen molar-refractivity contribution in [3.63, 3.8) is 0 Å². The third kappa shape index (κ3) is 4.91. The fourth-order valence-corrected chi connectivity index (χ4v) is 3.72. The monoisotopic (exact) mass is 399 g/mol. The van der Waals surface area contributed by atoms with Crippen LogP contribution in [-0.4, -0.2) is 65.8 Å². The molecule has 0 N–H and O–H groups in total. The number of rotatable bonds is 5. The topological polar surface area (TPSA) is 43.9 Å². The van der Waals surface area contributed by atoms with E-state index in [1.807, 2.05) is 49.2 Å². The van der Waals surface area contributed by atoms with Gasteiger partial charge in [-0.3, -0.25) is 14.5 Å². The molecule has 3 rings (SSSR count). The van der Waals surface area contributed by atoms with Gasteiger partial charge in [0.2, 0.25) is 5.91 Å². The molecule has 0 radical (unpaired) electrons. The van der Waals surface area contributed by atoms with Crippen LogP contribution in [0.5, 0.6) is 0 Å². The van der Waals surface area contributed by atoms with Gasteiger partial charge in [-0.15, -0.1) is 0 Å². The van der Waals surface area contributed by atoms with Crippen LogP contribution in [0.2, 0.25) is 5.02 Å². The molecular weight excluding hydrogens is 374 g/mol. The Labute approximate surface area is 171 Å². The van der Waals surface area contributed by atoms with Crippen molar-refractivity contribution >= 4 is 23.4 Å². The van der Waals surface area contributed by atoms with Crippen LogP contribution in [0, 0.1) is 0 Å². The van der Waals surface area contributed by atoms with E-state index in [1.165, 1.54) is 0 Å². The quantitative estimate of drug-likeness (QED) is 0.775. The van der Waals surface area contributed by atoms with Crippen LogP contribution in [0.3, 0.4) is 0 Å². The lowest BCUT2D eigenvalue weighted by Gasteiger charge is -2.38. The highest BCUT2D eigenvalue weighted by Gasteiger charge is 2.29. The summed E-state index contributed by atoms with van der Waals surface area (Å²) < 4.78 is 0. The molecule has 0 aromatic heterocycles. The predicted octanol–water partition coefficient (Wildman–Crippen LogP) is 3.14. The lowest BCUT2D eigenvalue weighted by Crippen LogP contribution is -2.55. The largest absolute Gasteiger partial charge is 0.340 e. The van der Waals surface area contributed by atoms with Crippen LogP contribution in [0.15, 0.2) is 54.6 Å². The van der Waals surface area contributed by atoms with Crippen LogP contribution in [0.4, 0.5) is 0 Å². The summed E-state index contributed by atoms with van der Waals surface area (Å²) in [6.07, 6.45) is 0. The summed E-state index contributed by atoms with van der Waals surface area (Å²) in [7, 11) is 1.84. The molecule has 0 spiro atoms. The average Bonchev–Trinajstić information content (AvgIpc) is 2.73. The second-order valence-electron chi connectivity index (χ2n) is 7.19. The van der Waals surface area contributed by atoms with Gasteiger partial charge in [-0.2, -0.15) is 0 Å². The molecule has 28 heavy (non-hydrogen) atoms. The molecule has 1 saturated heterocycles. The number of benzene rings is 2. The molecule has 1 aliphatic rings. The second kappa shape index (κ2) is 9.22. The average molecular weight is 400 g/mol. The Hall–Kier alpha value is -2.37. The van der Waals surface area contributed by atoms with Crippen molar-refractivity contribution in [2.45, 2.75) is 19.5 Å². The molecule has 0 aliphatic carbocycles. The van der Waals surface area contributed by atoms with Crippen molar-refractivity contribution in [1.29, 1.82) is 0 Å². The number of halogens is 1. The highest BCUT2D eigenvalue weighted by atomic mass is 35.5. The standard InChI is InChI=1S/C22H26ClN3O2/c1-17(21(27)24(2)16-18-7-4-3-5-8-18)25-11-13-26(14-12-25)22(28)19-9-6-10-20(23)15-19/h3-10,15,17H,11-14,16H2,1-2H3. The second-order valence-corrected chi connectivity index (χ2v) is 7.63. The first kappa shape index (κ1) is 20.4. The van der Waals surface area contributed by atoms with Crippen molar-refractivity contribution in [1.82, 2.24) is 14.7 Å². The van der Waals surface area contributed by atoms with E-state index in [9.17, 15) is 9.59 Å². The Balaban J connectivity index is 1.53. The number of hydrogen-bond donors (Lipinski definition) is 0. The van der Waals surface area contributed by atoms with Gasteiger partial charge in [0.25, 0.3) is 5.91 Å². The van der Waals surface area contributed by atoms with Crippen molar-refractivity contribution in [2.75, 3.05) is 33.2 Å². The number of carbonyl (C=O) groups is 2. The molecule has 1 unspecified atom stereocenters. The van der Waals surface area contributed by atoms with Gasteiger partial charge in [0.05, 0.1) is 6.04 Å². The fourth-order valence-electron chi connectivity index (χ4n) is 3.53. The van der Waals surface area contributed by atoms with Crippen molar-refractivity contribution in [2.24, 2.45) is 0 Å². The van der Waals surface area contributed by atoms with Gasteiger partial charge in [0.15, 0.2) is 0 Å². The molecule has 2 aromatic carbocycles. The summed E-state index contributed by atoms with van der Waals surface area (Å²) in [5.41, 5.74) is 1.72. The van der Waals surface area contributed by atoms with E-state index in [0.717, 1.165) is 5.56 Å². The Morgan fingerprint density at radius 2 is 1.71 bits per heavy atom. The summed E-state index contributed by atoms with van der Waals surface area (Å²) in [5.74, 6) is 0.0841. The third-order valence-corrected chi connectivity index (χ3v) is 5.45. The maximum Gasteiger partial charge on any atom is 0.253 e. The normalized spacial score (nSPS) is 15.9. The molecule has 1 atom stereocenters. The Morgan fingerprint density at radius 3 is 2.36 bits per heavy atom. The van der Waals surface area contributed by atoms with Crippen LogP contribution >= 0.6 is 11.6 Å². The number of likely N-dealkylation sites (N-methyl/N-ethyl adjacent to an activating group) is 1. The zero-order valence-electron chi connectivity index (χ0n) is 16.3. The molecule has 1 fully saturated rings. The van der Waals surface area contributed by atoms with E-state index in [0.29, 0.717) is 43.3 Å². The number of amides is 2. The van der Waals surface area contributed by atoms with E-state index in [-0.39, 0.29) is 17.9 Å². The van der Waals surface area contributed by atoms with E-state index < -0.39 is 0 Å². The zero-order valence-corrected chi connectivity index (χ0v) is 17.1. The van der Waals surface area contributed by atoms with Gasteiger partial charge in [-0.05, 0) is 30.7 Å². The lowest BCUT2D eigenvalue weighted by molar-refractivity contribution is -0.136. The van der Waals surface area contributed by atoms with Crippen LogP contribution in [0.1, 0.15) is 22.8 Å². The number of carbonyl (C=O) groups excluding carboxylic acids is 2. The molecule has 0 saturated carbocycles. The van der Waals surface area contributed by atoms with Gasteiger partial charge < -0.3 is 9.80 Å². The van der Waals surface area contributed by atoms with E-state index in [1.54, 1.807) is 29.2 Å². The first-order valence-corrected chi connectivity index (χ1v) is 9.91. The lowest BCUT2D eigenvalue weighted by atomic mass is 10.1. The van der Waals surface area contributed by atoms with Crippen LogP contribution in [0.25, 0.3) is 0 Å². The molecule has 148 valence electrons. The van der Waals surface area contributed by atoms with E-state index >= 15 is 0 Å². The van der Waals surface area contributed by atoms with Gasteiger partial charge in [0.1, 0.15) is 0 Å². The van der Waals surface area contributed by atoms with Crippen molar-refractivity contribution in [3.05, 3.63) is 70.7 Å². The Morgan fingerprint density at radius 1 is 1.04 bits per heavy atom.